The van der Waals surface area contributed by atoms with Crippen molar-refractivity contribution < 1.29 is 13.2 Å². The molecular formula is C17H15N3O3S3. The largest absolute Gasteiger partial charge is 0.297 e. The van der Waals surface area contributed by atoms with Crippen LogP contribution in [0.3, 0.4) is 0 Å². The summed E-state index contributed by atoms with van der Waals surface area (Å²) in [4.78, 5) is 17.2. The van der Waals surface area contributed by atoms with Gasteiger partial charge in [0.25, 0.3) is 5.91 Å². The summed E-state index contributed by atoms with van der Waals surface area (Å²) in [5.74, 6) is -0.168. The molecule has 0 aliphatic carbocycles. The molecule has 1 amide bonds. The Balaban J connectivity index is 1.56. The lowest BCUT2D eigenvalue weighted by atomic mass is 10.1. The van der Waals surface area contributed by atoms with E-state index in [1.165, 1.54) is 33.2 Å². The molecule has 3 heterocycles. The number of sulfonamides is 1. The third-order valence-corrected chi connectivity index (χ3v) is 6.90. The molecule has 3 aromatic rings. The van der Waals surface area contributed by atoms with Gasteiger partial charge in [-0.1, -0.05) is 12.1 Å². The average Bonchev–Trinajstić information content (AvgIpc) is 3.33. The lowest BCUT2D eigenvalue weighted by Gasteiger charge is -2.16. The number of rotatable bonds is 4. The highest BCUT2D eigenvalue weighted by Gasteiger charge is 2.26. The Labute approximate surface area is 159 Å². The third-order valence-electron chi connectivity index (χ3n) is 4.10. The van der Waals surface area contributed by atoms with Crippen LogP contribution in [0, 0.1) is 0 Å². The fourth-order valence-electron chi connectivity index (χ4n) is 2.91. The minimum absolute atomic E-state index is 0.168. The highest BCUT2D eigenvalue weighted by molar-refractivity contribution is 7.92. The molecule has 0 unspecified atom stereocenters. The molecule has 0 saturated carbocycles. The molecule has 9 heteroatoms. The number of aromatic nitrogens is 1. The fourth-order valence-corrected chi connectivity index (χ4v) is 5.20. The number of hydrogen-bond donors (Lipinski definition) is 1. The topological polar surface area (TPSA) is 79.4 Å². The summed E-state index contributed by atoms with van der Waals surface area (Å²) in [6.45, 7) is 0.469. The van der Waals surface area contributed by atoms with Gasteiger partial charge < -0.3 is 0 Å². The predicted octanol–water partition coefficient (Wildman–Crippen LogP) is 3.45. The molecule has 0 spiro atoms. The van der Waals surface area contributed by atoms with Crippen LogP contribution in [0.5, 0.6) is 0 Å². The maximum atomic E-state index is 12.1. The molecule has 0 atom stereocenters. The first-order chi connectivity index (χ1) is 12.4. The molecule has 6 nitrogen and oxygen atoms in total. The van der Waals surface area contributed by atoms with Crippen LogP contribution >= 0.6 is 22.7 Å². The number of thiophene rings is 1. The van der Waals surface area contributed by atoms with E-state index in [1.54, 1.807) is 6.07 Å². The monoisotopic (exact) mass is 405 g/mol. The van der Waals surface area contributed by atoms with Gasteiger partial charge in [-0.3, -0.25) is 14.4 Å². The standard InChI is InChI=1S/C17H15N3O3S3/c1-26(22,23)20-7-6-12-9-11(4-5-14(12)20)13-10-25-17(18-13)19-16(21)15-3-2-8-24-15/h2-5,8-10H,6-7H2,1H3,(H,18,19,21). The van der Waals surface area contributed by atoms with Crippen LogP contribution in [0.4, 0.5) is 10.8 Å². The van der Waals surface area contributed by atoms with Gasteiger partial charge >= 0.3 is 0 Å². The molecule has 1 aliphatic heterocycles. The number of amides is 1. The summed E-state index contributed by atoms with van der Waals surface area (Å²) < 4.78 is 25.1. The second-order valence-electron chi connectivity index (χ2n) is 5.90. The van der Waals surface area contributed by atoms with E-state index in [0.29, 0.717) is 23.0 Å². The second kappa shape index (κ2) is 6.49. The van der Waals surface area contributed by atoms with E-state index in [4.69, 9.17) is 0 Å². The van der Waals surface area contributed by atoms with Crippen molar-refractivity contribution >= 4 is 49.4 Å². The van der Waals surface area contributed by atoms with Gasteiger partial charge in [0.2, 0.25) is 10.0 Å². The van der Waals surface area contributed by atoms with E-state index >= 15 is 0 Å². The van der Waals surface area contributed by atoms with E-state index < -0.39 is 10.0 Å². The lowest BCUT2D eigenvalue weighted by molar-refractivity contribution is 0.103. The summed E-state index contributed by atoms with van der Waals surface area (Å²) in [6.07, 6.45) is 1.90. The molecule has 0 radical (unpaired) electrons. The van der Waals surface area contributed by atoms with Gasteiger partial charge in [-0.2, -0.15) is 0 Å². The average molecular weight is 406 g/mol. The molecule has 0 bridgehead atoms. The van der Waals surface area contributed by atoms with Crippen LogP contribution in [0.2, 0.25) is 0 Å². The van der Waals surface area contributed by atoms with E-state index in [1.807, 2.05) is 35.0 Å². The molecule has 1 N–H and O–H groups in total. The summed E-state index contributed by atoms with van der Waals surface area (Å²) >= 11 is 2.74. The van der Waals surface area contributed by atoms with E-state index in [9.17, 15) is 13.2 Å². The third kappa shape index (κ3) is 3.25. The maximum Gasteiger partial charge on any atom is 0.267 e. The number of nitrogens with one attached hydrogen (secondary N) is 1. The summed E-state index contributed by atoms with van der Waals surface area (Å²) in [6, 6.07) is 9.25. The van der Waals surface area contributed by atoms with Crippen LogP contribution in [-0.2, 0) is 16.4 Å². The van der Waals surface area contributed by atoms with Crippen LogP contribution in [0.1, 0.15) is 15.2 Å². The SMILES string of the molecule is CS(=O)(=O)N1CCc2cc(-c3csc(NC(=O)c4cccs4)n3)ccc21. The van der Waals surface area contributed by atoms with E-state index in [2.05, 4.69) is 10.3 Å². The summed E-state index contributed by atoms with van der Waals surface area (Å²) in [5.41, 5.74) is 3.40. The Morgan fingerprint density at radius 2 is 2.12 bits per heavy atom. The van der Waals surface area contributed by atoms with Crippen molar-refractivity contribution in [2.75, 3.05) is 22.4 Å². The maximum absolute atomic E-state index is 12.1. The second-order valence-corrected chi connectivity index (χ2v) is 9.61. The minimum atomic E-state index is -3.25. The molecule has 0 fully saturated rings. The molecular weight excluding hydrogens is 390 g/mol. The van der Waals surface area contributed by atoms with Gasteiger partial charge in [0.1, 0.15) is 0 Å². The number of benzene rings is 1. The highest BCUT2D eigenvalue weighted by atomic mass is 32.2. The number of anilines is 2. The number of fused-ring (bicyclic) bond motifs is 1. The zero-order valence-corrected chi connectivity index (χ0v) is 16.2. The van der Waals surface area contributed by atoms with Gasteiger partial charge in [-0.15, -0.1) is 22.7 Å². The van der Waals surface area contributed by atoms with Crippen molar-refractivity contribution in [3.63, 3.8) is 0 Å². The van der Waals surface area contributed by atoms with Crippen LogP contribution < -0.4 is 9.62 Å². The smallest absolute Gasteiger partial charge is 0.267 e. The number of carbonyl (C=O) groups excluding carboxylic acids is 1. The zero-order valence-electron chi connectivity index (χ0n) is 13.8. The predicted molar refractivity (Wildman–Crippen MR) is 106 cm³/mol. The van der Waals surface area contributed by atoms with Gasteiger partial charge in [0.15, 0.2) is 5.13 Å². The molecule has 4 rings (SSSR count). The Morgan fingerprint density at radius 3 is 2.85 bits per heavy atom. The molecule has 1 aromatic carbocycles. The van der Waals surface area contributed by atoms with E-state index in [-0.39, 0.29) is 5.91 Å². The van der Waals surface area contributed by atoms with Gasteiger partial charge in [-0.25, -0.2) is 13.4 Å². The van der Waals surface area contributed by atoms with Gasteiger partial charge in [0.05, 0.1) is 22.5 Å². The number of hydrogen-bond acceptors (Lipinski definition) is 6. The number of carbonyl (C=O) groups is 1. The van der Waals surface area contributed by atoms with Crippen LogP contribution in [-0.4, -0.2) is 32.1 Å². The first-order valence-electron chi connectivity index (χ1n) is 7.83. The van der Waals surface area contributed by atoms with Crippen LogP contribution in [0.15, 0.2) is 41.1 Å². The zero-order chi connectivity index (χ0) is 18.3. The first kappa shape index (κ1) is 17.2. The minimum Gasteiger partial charge on any atom is -0.297 e. The number of nitrogens with zero attached hydrogens (tertiary/aromatic N) is 2. The Kier molecular flexibility index (Phi) is 4.29. The van der Waals surface area contributed by atoms with Crippen molar-refractivity contribution in [3.05, 3.63) is 51.5 Å². The van der Waals surface area contributed by atoms with Gasteiger partial charge in [0, 0.05) is 17.5 Å². The lowest BCUT2D eigenvalue weighted by Crippen LogP contribution is -2.27. The Hall–Kier alpha value is -2.23. The Bertz CT molecular complexity index is 1070. The first-order valence-corrected chi connectivity index (χ1v) is 11.4. The Morgan fingerprint density at radius 1 is 1.27 bits per heavy atom. The molecule has 1 aliphatic rings. The molecule has 2 aromatic heterocycles. The fraction of sp³-hybridized carbons (Fsp3) is 0.176. The van der Waals surface area contributed by atoms with Crippen LogP contribution in [0.25, 0.3) is 11.3 Å². The van der Waals surface area contributed by atoms with Crippen molar-refractivity contribution in [1.29, 1.82) is 0 Å². The van der Waals surface area contributed by atoms with Crippen molar-refractivity contribution in [2.24, 2.45) is 0 Å². The van der Waals surface area contributed by atoms with Crippen molar-refractivity contribution in [3.8, 4) is 11.3 Å². The summed E-state index contributed by atoms with van der Waals surface area (Å²) in [5, 5.41) is 7.08. The van der Waals surface area contributed by atoms with Crippen molar-refractivity contribution in [1.82, 2.24) is 4.98 Å². The normalized spacial score (nSPS) is 13.7. The summed E-state index contributed by atoms with van der Waals surface area (Å²) in [7, 11) is -3.25. The quantitative estimate of drug-likeness (QED) is 0.721. The molecule has 26 heavy (non-hydrogen) atoms. The molecule has 134 valence electrons. The number of thiazole rings is 1. The van der Waals surface area contributed by atoms with Crippen molar-refractivity contribution in [2.45, 2.75) is 6.42 Å². The highest BCUT2D eigenvalue weighted by Crippen LogP contribution is 2.34. The molecule has 0 saturated heterocycles. The van der Waals surface area contributed by atoms with E-state index in [0.717, 1.165) is 22.5 Å². The van der Waals surface area contributed by atoms with Gasteiger partial charge in [-0.05, 0) is 35.6 Å².